The molecule has 0 unspecified atom stereocenters. The number of rotatable bonds is 8. The summed E-state index contributed by atoms with van der Waals surface area (Å²) in [6, 6.07) is 23.1. The fraction of sp³-hybridized carbons (Fsp3) is 0.0588. The van der Waals surface area contributed by atoms with Gasteiger partial charge in [-0.3, -0.25) is 0 Å². The molecule has 0 aliphatic heterocycles. The molecule has 0 radical (unpaired) electrons. The number of ether oxygens (including phenoxy) is 4. The van der Waals surface area contributed by atoms with Gasteiger partial charge in [0.15, 0.2) is 0 Å². The van der Waals surface area contributed by atoms with Crippen molar-refractivity contribution in [3.8, 4) is 34.1 Å². The van der Waals surface area contributed by atoms with E-state index in [4.69, 9.17) is 19.7 Å². The lowest BCUT2D eigenvalue weighted by atomic mass is 9.99. The van der Waals surface area contributed by atoms with Crippen LogP contribution in [0.1, 0.15) is 35.1 Å². The van der Waals surface area contributed by atoms with E-state index in [-0.39, 0.29) is 17.4 Å². The van der Waals surface area contributed by atoms with Crippen LogP contribution >= 0.6 is 0 Å². The average molecular weight is 593 g/mol. The van der Waals surface area contributed by atoms with Crippen molar-refractivity contribution < 1.29 is 48.3 Å². The summed E-state index contributed by atoms with van der Waals surface area (Å²) in [4.78, 5) is 46.1. The number of fused-ring (bicyclic) bond motifs is 3. The molecule has 1 aliphatic carbocycles. The van der Waals surface area contributed by atoms with Gasteiger partial charge in [0, 0.05) is 18.1 Å². The maximum Gasteiger partial charge on any atom is 0.511 e. The van der Waals surface area contributed by atoms with E-state index in [0.717, 1.165) is 22.3 Å². The maximum absolute atomic E-state index is 12.5. The zero-order chi connectivity index (χ0) is 31.2. The van der Waals surface area contributed by atoms with Crippen LogP contribution in [0.15, 0.2) is 97.1 Å². The SMILES string of the molecule is CC1c2cc(OC(=O)C=Cc3ccc(OC(=O)O)cc3)ccc2-c2ccc(OC(=O)C=Cc3ccc(OC(=O)O)cc3)cc21. The van der Waals surface area contributed by atoms with E-state index in [2.05, 4.69) is 9.47 Å². The van der Waals surface area contributed by atoms with Gasteiger partial charge in [0.1, 0.15) is 23.0 Å². The highest BCUT2D eigenvalue weighted by atomic mass is 16.7. The summed E-state index contributed by atoms with van der Waals surface area (Å²) in [5.74, 6) is -0.117. The molecule has 5 rings (SSSR count). The Hall–Kier alpha value is -6.16. The number of hydrogen-bond acceptors (Lipinski definition) is 8. The molecule has 0 bridgehead atoms. The van der Waals surface area contributed by atoms with E-state index in [1.165, 1.54) is 36.4 Å². The molecule has 2 N–H and O–H groups in total. The minimum atomic E-state index is -1.41. The predicted octanol–water partition coefficient (Wildman–Crippen LogP) is 7.17. The van der Waals surface area contributed by atoms with E-state index in [0.29, 0.717) is 22.6 Å². The van der Waals surface area contributed by atoms with Gasteiger partial charge in [0.2, 0.25) is 0 Å². The van der Waals surface area contributed by atoms with Crippen LogP contribution in [0.5, 0.6) is 23.0 Å². The third-order valence-corrected chi connectivity index (χ3v) is 6.70. The molecule has 0 saturated carbocycles. The fourth-order valence-corrected chi connectivity index (χ4v) is 4.71. The van der Waals surface area contributed by atoms with E-state index in [1.54, 1.807) is 48.6 Å². The number of carboxylic acid groups (broad SMARTS) is 2. The van der Waals surface area contributed by atoms with Crippen LogP contribution in [0, 0.1) is 0 Å². The Kier molecular flexibility index (Phi) is 8.52. The molecule has 44 heavy (non-hydrogen) atoms. The maximum atomic E-state index is 12.5. The highest BCUT2D eigenvalue weighted by Gasteiger charge is 2.27. The lowest BCUT2D eigenvalue weighted by molar-refractivity contribution is -0.129. The Morgan fingerprint density at radius 3 is 1.27 bits per heavy atom. The van der Waals surface area contributed by atoms with E-state index in [9.17, 15) is 19.2 Å². The zero-order valence-electron chi connectivity index (χ0n) is 23.1. The molecule has 0 fully saturated rings. The molecule has 0 heterocycles. The Morgan fingerprint density at radius 2 is 0.909 bits per heavy atom. The molecule has 10 heteroatoms. The largest absolute Gasteiger partial charge is 0.511 e. The van der Waals surface area contributed by atoms with Crippen molar-refractivity contribution in [2.75, 3.05) is 0 Å². The van der Waals surface area contributed by atoms with Gasteiger partial charge in [-0.05, 0) is 94.1 Å². The van der Waals surface area contributed by atoms with E-state index in [1.807, 2.05) is 31.2 Å². The molecule has 220 valence electrons. The molecular formula is C34H24O10. The highest BCUT2D eigenvalue weighted by molar-refractivity contribution is 5.90. The summed E-state index contributed by atoms with van der Waals surface area (Å²) in [6.45, 7) is 2.01. The summed E-state index contributed by atoms with van der Waals surface area (Å²) >= 11 is 0. The summed E-state index contributed by atoms with van der Waals surface area (Å²) in [7, 11) is 0. The monoisotopic (exact) mass is 592 g/mol. The van der Waals surface area contributed by atoms with Crippen LogP contribution in [0.3, 0.4) is 0 Å². The van der Waals surface area contributed by atoms with Crippen LogP contribution in [0.2, 0.25) is 0 Å². The molecule has 0 aromatic heterocycles. The summed E-state index contributed by atoms with van der Waals surface area (Å²) in [5, 5.41) is 17.3. The third kappa shape index (κ3) is 7.18. The average Bonchev–Trinajstić information content (AvgIpc) is 3.26. The Morgan fingerprint density at radius 1 is 0.545 bits per heavy atom. The van der Waals surface area contributed by atoms with Crippen LogP contribution < -0.4 is 18.9 Å². The quantitative estimate of drug-likeness (QED) is 0.0934. The van der Waals surface area contributed by atoms with Crippen LogP contribution in [-0.4, -0.2) is 34.5 Å². The molecule has 0 amide bonds. The van der Waals surface area contributed by atoms with Crippen molar-refractivity contribution >= 4 is 36.4 Å². The van der Waals surface area contributed by atoms with Gasteiger partial charge in [0.25, 0.3) is 0 Å². The lowest BCUT2D eigenvalue weighted by Crippen LogP contribution is -2.04. The van der Waals surface area contributed by atoms with Crippen LogP contribution in [0.4, 0.5) is 9.59 Å². The molecule has 0 atom stereocenters. The van der Waals surface area contributed by atoms with Crippen molar-refractivity contribution in [2.24, 2.45) is 0 Å². The number of hydrogen-bond donors (Lipinski definition) is 2. The first kappa shape index (κ1) is 29.3. The van der Waals surface area contributed by atoms with Gasteiger partial charge in [-0.15, -0.1) is 0 Å². The highest BCUT2D eigenvalue weighted by Crippen LogP contribution is 2.47. The predicted molar refractivity (Wildman–Crippen MR) is 159 cm³/mol. The molecule has 0 saturated heterocycles. The first-order chi connectivity index (χ1) is 21.1. The molecular weight excluding hydrogens is 568 g/mol. The molecule has 0 spiro atoms. The fourth-order valence-electron chi connectivity index (χ4n) is 4.71. The molecule has 10 nitrogen and oxygen atoms in total. The molecule has 4 aromatic carbocycles. The van der Waals surface area contributed by atoms with Gasteiger partial charge >= 0.3 is 24.2 Å². The van der Waals surface area contributed by atoms with Crippen molar-refractivity contribution in [3.05, 3.63) is 119 Å². The third-order valence-electron chi connectivity index (χ3n) is 6.70. The van der Waals surface area contributed by atoms with Gasteiger partial charge in [-0.25, -0.2) is 19.2 Å². The van der Waals surface area contributed by atoms with Gasteiger partial charge in [-0.1, -0.05) is 43.3 Å². The summed E-state index contributed by atoms with van der Waals surface area (Å²) in [5.41, 5.74) is 5.21. The second kappa shape index (κ2) is 12.8. The van der Waals surface area contributed by atoms with Crippen LogP contribution in [-0.2, 0) is 9.59 Å². The number of carbonyl (C=O) groups is 4. The smallest absolute Gasteiger partial charge is 0.449 e. The lowest BCUT2D eigenvalue weighted by Gasteiger charge is -2.09. The Bertz CT molecular complexity index is 1670. The first-order valence-electron chi connectivity index (χ1n) is 13.2. The van der Waals surface area contributed by atoms with Crippen molar-refractivity contribution in [3.63, 3.8) is 0 Å². The van der Waals surface area contributed by atoms with Crippen LogP contribution in [0.25, 0.3) is 23.3 Å². The second-order valence-corrected chi connectivity index (χ2v) is 9.60. The topological polar surface area (TPSA) is 146 Å². The summed E-state index contributed by atoms with van der Waals surface area (Å²) < 4.78 is 20.1. The minimum Gasteiger partial charge on any atom is -0.449 e. The van der Waals surface area contributed by atoms with Gasteiger partial charge in [-0.2, -0.15) is 0 Å². The van der Waals surface area contributed by atoms with E-state index < -0.39 is 24.2 Å². The normalized spacial score (nSPS) is 13.2. The standard InChI is InChI=1S/C34H24O10/c1-20-29-18-25(41-31(35)16-6-21-2-8-23(9-3-21)43-33(37)38)12-14-27(29)28-15-13-26(19-30(20)28)42-32(36)17-7-22-4-10-24(11-5-22)44-34(39)40/h2-20H,1H3,(H,37,38)(H,39,40). The Labute approximate surface area is 251 Å². The van der Waals surface area contributed by atoms with Crippen molar-refractivity contribution in [1.29, 1.82) is 0 Å². The Balaban J connectivity index is 1.20. The number of benzene rings is 4. The van der Waals surface area contributed by atoms with Crippen molar-refractivity contribution in [2.45, 2.75) is 12.8 Å². The second-order valence-electron chi connectivity index (χ2n) is 9.60. The molecule has 4 aromatic rings. The number of esters is 2. The van der Waals surface area contributed by atoms with Crippen molar-refractivity contribution in [1.82, 2.24) is 0 Å². The molecule has 1 aliphatic rings. The first-order valence-corrected chi connectivity index (χ1v) is 13.2. The van der Waals surface area contributed by atoms with Gasteiger partial charge < -0.3 is 29.2 Å². The van der Waals surface area contributed by atoms with E-state index >= 15 is 0 Å². The zero-order valence-corrected chi connectivity index (χ0v) is 23.1. The number of carbonyl (C=O) groups excluding carboxylic acids is 2. The minimum absolute atomic E-state index is 0.0542. The van der Waals surface area contributed by atoms with Gasteiger partial charge in [0.05, 0.1) is 0 Å². The summed E-state index contributed by atoms with van der Waals surface area (Å²) in [6.07, 6.45) is 2.82.